The number of nitrogens with zero attached hydrogens (tertiary/aromatic N) is 2. The molecular formula is C17H16N2O3. The van der Waals surface area contributed by atoms with E-state index < -0.39 is 0 Å². The third kappa shape index (κ3) is 2.30. The lowest BCUT2D eigenvalue weighted by atomic mass is 10.1. The highest BCUT2D eigenvalue weighted by molar-refractivity contribution is 5.85. The summed E-state index contributed by atoms with van der Waals surface area (Å²) in [5, 5.41) is 0. The standard InChI is InChI=1S/C17H16N2O3/c1-11-6-12(10-20)17-18-15(9-19(17)8-11)14-7-13(21-2)4-5-16(14)22-3/h4-10H,1-3H3. The van der Waals surface area contributed by atoms with Crippen LogP contribution in [-0.4, -0.2) is 29.9 Å². The van der Waals surface area contributed by atoms with Crippen molar-refractivity contribution in [1.82, 2.24) is 9.38 Å². The maximum absolute atomic E-state index is 11.2. The van der Waals surface area contributed by atoms with Gasteiger partial charge in [0.1, 0.15) is 17.1 Å². The molecule has 5 nitrogen and oxygen atoms in total. The third-order valence-corrected chi connectivity index (χ3v) is 3.53. The Bertz CT molecular complexity index is 852. The van der Waals surface area contributed by atoms with Gasteiger partial charge >= 0.3 is 0 Å². The zero-order valence-corrected chi connectivity index (χ0v) is 12.7. The number of fused-ring (bicyclic) bond motifs is 1. The molecule has 0 radical (unpaired) electrons. The summed E-state index contributed by atoms with van der Waals surface area (Å²) in [5.74, 6) is 1.42. The van der Waals surface area contributed by atoms with Crippen molar-refractivity contribution in [3.63, 3.8) is 0 Å². The maximum Gasteiger partial charge on any atom is 0.153 e. The predicted molar refractivity (Wildman–Crippen MR) is 83.9 cm³/mol. The van der Waals surface area contributed by atoms with Crippen molar-refractivity contribution < 1.29 is 14.3 Å². The molecule has 0 spiro atoms. The van der Waals surface area contributed by atoms with Crippen molar-refractivity contribution in [2.45, 2.75) is 6.92 Å². The van der Waals surface area contributed by atoms with Gasteiger partial charge in [0.15, 0.2) is 6.29 Å². The summed E-state index contributed by atoms with van der Waals surface area (Å²) in [6.07, 6.45) is 4.64. The molecule has 112 valence electrons. The number of hydrogen-bond donors (Lipinski definition) is 0. The topological polar surface area (TPSA) is 52.8 Å². The molecule has 0 aliphatic heterocycles. The summed E-state index contributed by atoms with van der Waals surface area (Å²) >= 11 is 0. The number of imidazole rings is 1. The molecule has 0 saturated carbocycles. The number of aryl methyl sites for hydroxylation is 1. The van der Waals surface area contributed by atoms with E-state index >= 15 is 0 Å². The zero-order valence-electron chi connectivity index (χ0n) is 12.7. The number of carbonyl (C=O) groups excluding carboxylic acids is 1. The SMILES string of the molecule is COc1ccc(OC)c(-c2cn3cc(C)cc(C=O)c3n2)c1. The first-order valence-corrected chi connectivity index (χ1v) is 6.83. The molecule has 0 bridgehead atoms. The number of ether oxygens (including phenoxy) is 2. The summed E-state index contributed by atoms with van der Waals surface area (Å²) in [7, 11) is 3.23. The van der Waals surface area contributed by atoms with Crippen LogP contribution < -0.4 is 9.47 Å². The van der Waals surface area contributed by atoms with Crippen molar-refractivity contribution in [2.75, 3.05) is 14.2 Å². The van der Waals surface area contributed by atoms with Gasteiger partial charge < -0.3 is 13.9 Å². The molecule has 0 fully saturated rings. The van der Waals surface area contributed by atoms with Crippen molar-refractivity contribution in [1.29, 1.82) is 0 Å². The van der Waals surface area contributed by atoms with Crippen LogP contribution >= 0.6 is 0 Å². The molecule has 2 aromatic heterocycles. The highest BCUT2D eigenvalue weighted by Gasteiger charge is 2.13. The summed E-state index contributed by atoms with van der Waals surface area (Å²) in [6.45, 7) is 1.94. The summed E-state index contributed by atoms with van der Waals surface area (Å²) in [6, 6.07) is 7.36. The Labute approximate surface area is 128 Å². The molecule has 0 amide bonds. The van der Waals surface area contributed by atoms with E-state index in [4.69, 9.17) is 9.47 Å². The lowest BCUT2D eigenvalue weighted by molar-refractivity contribution is 0.112. The molecule has 3 rings (SSSR count). The van der Waals surface area contributed by atoms with Gasteiger partial charge in [-0.1, -0.05) is 0 Å². The van der Waals surface area contributed by atoms with Gasteiger partial charge in [0.2, 0.25) is 0 Å². The number of carbonyl (C=O) groups is 1. The Kier molecular flexibility index (Phi) is 3.55. The van der Waals surface area contributed by atoms with Crippen LogP contribution in [0.2, 0.25) is 0 Å². The number of benzene rings is 1. The van der Waals surface area contributed by atoms with Gasteiger partial charge in [-0.2, -0.15) is 0 Å². The molecular weight excluding hydrogens is 280 g/mol. The summed E-state index contributed by atoms with van der Waals surface area (Å²) in [4.78, 5) is 15.8. The second-order valence-electron chi connectivity index (χ2n) is 5.01. The van der Waals surface area contributed by atoms with Crippen LogP contribution in [-0.2, 0) is 0 Å². The van der Waals surface area contributed by atoms with Gasteiger partial charge in [0.25, 0.3) is 0 Å². The molecule has 2 heterocycles. The fourth-order valence-corrected chi connectivity index (χ4v) is 2.50. The molecule has 0 saturated heterocycles. The fourth-order valence-electron chi connectivity index (χ4n) is 2.50. The van der Waals surface area contributed by atoms with Crippen LogP contribution in [0, 0.1) is 6.92 Å². The Morgan fingerprint density at radius 2 is 1.95 bits per heavy atom. The Hall–Kier alpha value is -2.82. The lowest BCUT2D eigenvalue weighted by Crippen LogP contribution is -1.91. The van der Waals surface area contributed by atoms with Crippen molar-refractivity contribution in [3.05, 3.63) is 47.8 Å². The van der Waals surface area contributed by atoms with E-state index in [0.29, 0.717) is 17.0 Å². The number of aldehydes is 1. The van der Waals surface area contributed by atoms with E-state index in [0.717, 1.165) is 28.9 Å². The van der Waals surface area contributed by atoms with Crippen LogP contribution in [0.15, 0.2) is 36.7 Å². The van der Waals surface area contributed by atoms with Gasteiger partial charge in [0, 0.05) is 18.0 Å². The number of pyridine rings is 1. The summed E-state index contributed by atoms with van der Waals surface area (Å²) in [5.41, 5.74) is 3.73. The minimum absolute atomic E-state index is 0.563. The Balaban J connectivity index is 2.24. The largest absolute Gasteiger partial charge is 0.497 e. The van der Waals surface area contributed by atoms with Crippen LogP contribution in [0.1, 0.15) is 15.9 Å². The summed E-state index contributed by atoms with van der Waals surface area (Å²) < 4.78 is 12.5. The first kappa shape index (κ1) is 14.1. The van der Waals surface area contributed by atoms with Gasteiger partial charge in [-0.15, -0.1) is 0 Å². The van der Waals surface area contributed by atoms with Gasteiger partial charge in [-0.3, -0.25) is 4.79 Å². The van der Waals surface area contributed by atoms with Crippen molar-refractivity contribution in [3.8, 4) is 22.8 Å². The first-order chi connectivity index (χ1) is 10.7. The number of hydrogen-bond acceptors (Lipinski definition) is 4. The van der Waals surface area contributed by atoms with Crippen LogP contribution in [0.4, 0.5) is 0 Å². The van der Waals surface area contributed by atoms with E-state index in [1.807, 2.05) is 48.0 Å². The monoisotopic (exact) mass is 296 g/mol. The Morgan fingerprint density at radius 3 is 2.64 bits per heavy atom. The van der Waals surface area contributed by atoms with E-state index in [2.05, 4.69) is 4.98 Å². The molecule has 3 aromatic rings. The quantitative estimate of drug-likeness (QED) is 0.694. The smallest absolute Gasteiger partial charge is 0.153 e. The third-order valence-electron chi connectivity index (χ3n) is 3.53. The van der Waals surface area contributed by atoms with Crippen molar-refractivity contribution in [2.24, 2.45) is 0 Å². The number of methoxy groups -OCH3 is 2. The normalized spacial score (nSPS) is 10.7. The van der Waals surface area contributed by atoms with Crippen LogP contribution in [0.25, 0.3) is 16.9 Å². The molecule has 22 heavy (non-hydrogen) atoms. The maximum atomic E-state index is 11.2. The molecule has 5 heteroatoms. The second kappa shape index (κ2) is 5.52. The lowest BCUT2D eigenvalue weighted by Gasteiger charge is -2.08. The van der Waals surface area contributed by atoms with Gasteiger partial charge in [-0.25, -0.2) is 4.98 Å². The molecule has 0 unspecified atom stereocenters. The fraction of sp³-hybridized carbons (Fsp3) is 0.176. The predicted octanol–water partition coefficient (Wildman–Crippen LogP) is 3.14. The van der Waals surface area contributed by atoms with E-state index in [1.165, 1.54) is 0 Å². The zero-order chi connectivity index (χ0) is 15.7. The van der Waals surface area contributed by atoms with Crippen LogP contribution in [0.3, 0.4) is 0 Å². The minimum Gasteiger partial charge on any atom is -0.497 e. The first-order valence-electron chi connectivity index (χ1n) is 6.83. The second-order valence-corrected chi connectivity index (χ2v) is 5.01. The van der Waals surface area contributed by atoms with Gasteiger partial charge in [0.05, 0.1) is 25.5 Å². The van der Waals surface area contributed by atoms with E-state index in [-0.39, 0.29) is 0 Å². The molecule has 1 aromatic carbocycles. The van der Waals surface area contributed by atoms with Gasteiger partial charge in [-0.05, 0) is 36.8 Å². The average molecular weight is 296 g/mol. The molecule has 0 N–H and O–H groups in total. The van der Waals surface area contributed by atoms with Crippen molar-refractivity contribution >= 4 is 11.9 Å². The minimum atomic E-state index is 0.563. The number of aromatic nitrogens is 2. The Morgan fingerprint density at radius 1 is 1.14 bits per heavy atom. The number of rotatable bonds is 4. The highest BCUT2D eigenvalue weighted by Crippen LogP contribution is 2.33. The average Bonchev–Trinajstić information content (AvgIpc) is 2.96. The molecule has 0 aliphatic carbocycles. The van der Waals surface area contributed by atoms with Crippen LogP contribution in [0.5, 0.6) is 11.5 Å². The molecule has 0 aliphatic rings. The molecule has 0 atom stereocenters. The van der Waals surface area contributed by atoms with E-state index in [9.17, 15) is 4.79 Å². The van der Waals surface area contributed by atoms with E-state index in [1.54, 1.807) is 14.2 Å². The highest BCUT2D eigenvalue weighted by atomic mass is 16.5.